The highest BCUT2D eigenvalue weighted by Gasteiger charge is 2.52. The van der Waals surface area contributed by atoms with Crippen LogP contribution in [0.3, 0.4) is 0 Å². The maximum atomic E-state index is 15.2. The van der Waals surface area contributed by atoms with Crippen molar-refractivity contribution in [3.8, 4) is 0 Å². The molecule has 2 heterocycles. The fourth-order valence-electron chi connectivity index (χ4n) is 4.59. The van der Waals surface area contributed by atoms with Gasteiger partial charge in [0.05, 0.1) is 6.10 Å². The van der Waals surface area contributed by atoms with Crippen LogP contribution in [0.25, 0.3) is 0 Å². The number of aliphatic hydroxyl groups is 1. The molecule has 2 aliphatic rings. The minimum Gasteiger partial charge on any atom is -0.393 e. The molecule has 0 radical (unpaired) electrons. The van der Waals surface area contributed by atoms with Gasteiger partial charge in [0.15, 0.2) is 0 Å². The summed E-state index contributed by atoms with van der Waals surface area (Å²) >= 11 is 0. The zero-order valence-electron chi connectivity index (χ0n) is 17.2. The van der Waals surface area contributed by atoms with E-state index < -0.39 is 58.7 Å². The van der Waals surface area contributed by atoms with Crippen molar-refractivity contribution in [2.24, 2.45) is 0 Å². The Bertz CT molecular complexity index is 1060. The molecule has 3 atom stereocenters. The molecule has 2 aromatic carbocycles. The molecule has 2 N–H and O–H groups in total. The lowest BCUT2D eigenvalue weighted by Crippen LogP contribution is -2.52. The topological polar surface area (TPSA) is 69.6 Å². The van der Waals surface area contributed by atoms with Crippen LogP contribution in [0.5, 0.6) is 0 Å². The van der Waals surface area contributed by atoms with Gasteiger partial charge in [-0.05, 0) is 74.6 Å². The van der Waals surface area contributed by atoms with Crippen molar-refractivity contribution in [2.45, 2.75) is 56.7 Å². The summed E-state index contributed by atoms with van der Waals surface area (Å²) in [6.45, 7) is 1.49. The average molecular weight is 450 g/mol. The van der Waals surface area contributed by atoms with Crippen LogP contribution >= 0.6 is 0 Å². The third-order valence-corrected chi connectivity index (χ3v) is 6.15. The first-order valence-corrected chi connectivity index (χ1v) is 10.3. The van der Waals surface area contributed by atoms with Crippen LogP contribution in [0, 0.1) is 18.6 Å². The Morgan fingerprint density at radius 1 is 1.06 bits per heavy atom. The zero-order valence-corrected chi connectivity index (χ0v) is 17.2. The van der Waals surface area contributed by atoms with Crippen LogP contribution in [0.4, 0.5) is 23.2 Å². The lowest BCUT2D eigenvalue weighted by Gasteiger charge is -2.38. The Morgan fingerprint density at radius 3 is 2.34 bits per heavy atom. The third-order valence-electron chi connectivity index (χ3n) is 6.15. The fraction of sp³-hybridized carbons (Fsp3) is 0.391. The number of rotatable bonds is 4. The van der Waals surface area contributed by atoms with Gasteiger partial charge in [0.25, 0.3) is 11.8 Å². The first kappa shape index (κ1) is 22.3. The minimum atomic E-state index is -4.05. The average Bonchev–Trinajstić information content (AvgIpc) is 3.00. The Kier molecular flexibility index (Phi) is 5.70. The Morgan fingerprint density at radius 2 is 1.72 bits per heavy atom. The number of hydrogen-bond acceptors (Lipinski definition) is 3. The monoisotopic (exact) mass is 450 g/mol. The number of fused-ring (bicyclic) bond motifs is 2. The molecule has 9 heteroatoms. The molecule has 0 saturated carbocycles. The molecule has 2 aromatic rings. The Hall–Kier alpha value is -2.94. The van der Waals surface area contributed by atoms with E-state index in [-0.39, 0.29) is 24.1 Å². The van der Waals surface area contributed by atoms with Gasteiger partial charge >= 0.3 is 5.92 Å². The van der Waals surface area contributed by atoms with Crippen molar-refractivity contribution < 1.29 is 32.3 Å². The molecule has 2 amide bonds. The van der Waals surface area contributed by atoms with E-state index in [1.165, 1.54) is 19.1 Å². The number of aliphatic hydroxyl groups excluding tert-OH is 1. The molecule has 2 saturated heterocycles. The molecular formula is C23H22F4N2O3. The molecule has 170 valence electrons. The predicted octanol–water partition coefficient (Wildman–Crippen LogP) is 4.13. The molecule has 0 aromatic heterocycles. The molecule has 0 spiro atoms. The van der Waals surface area contributed by atoms with Crippen LogP contribution in [-0.2, 0) is 10.7 Å². The van der Waals surface area contributed by atoms with Crippen molar-refractivity contribution in [3.63, 3.8) is 0 Å². The number of piperidine rings is 1. The minimum absolute atomic E-state index is 0.214. The van der Waals surface area contributed by atoms with E-state index in [1.807, 2.05) is 0 Å². The number of amides is 2. The molecule has 0 aliphatic carbocycles. The number of aryl methyl sites for hydroxylation is 1. The van der Waals surface area contributed by atoms with E-state index in [9.17, 15) is 23.5 Å². The largest absolute Gasteiger partial charge is 0.393 e. The van der Waals surface area contributed by atoms with Crippen molar-refractivity contribution >= 4 is 17.5 Å². The first-order chi connectivity index (χ1) is 15.1. The van der Waals surface area contributed by atoms with E-state index >= 15 is 8.78 Å². The highest BCUT2D eigenvalue weighted by atomic mass is 19.3. The molecule has 32 heavy (non-hydrogen) atoms. The van der Waals surface area contributed by atoms with Gasteiger partial charge in [0.2, 0.25) is 0 Å². The van der Waals surface area contributed by atoms with Crippen molar-refractivity contribution in [1.82, 2.24) is 4.90 Å². The van der Waals surface area contributed by atoms with Gasteiger partial charge in [0.1, 0.15) is 11.6 Å². The van der Waals surface area contributed by atoms with E-state index in [2.05, 4.69) is 5.32 Å². The number of halogens is 4. The highest BCUT2D eigenvalue weighted by molar-refractivity contribution is 6.04. The SMILES string of the molecule is Cc1cc(NC(=O)c2cc(F)cc(C(F)(F)C(=O)N3[C@@H]4CC[C@H]3CC(O)C4)c2)ccc1F. The van der Waals surface area contributed by atoms with Crippen molar-refractivity contribution in [2.75, 3.05) is 5.32 Å². The summed E-state index contributed by atoms with van der Waals surface area (Å²) in [5.41, 5.74) is -0.841. The third kappa shape index (κ3) is 4.09. The van der Waals surface area contributed by atoms with Gasteiger partial charge in [-0.3, -0.25) is 9.59 Å². The van der Waals surface area contributed by atoms with E-state index in [1.54, 1.807) is 0 Å². The maximum absolute atomic E-state index is 15.2. The number of hydrogen-bond donors (Lipinski definition) is 2. The van der Waals surface area contributed by atoms with Crippen LogP contribution in [-0.4, -0.2) is 40.0 Å². The van der Waals surface area contributed by atoms with Gasteiger partial charge in [0, 0.05) is 28.9 Å². The molecule has 1 unspecified atom stereocenters. The summed E-state index contributed by atoms with van der Waals surface area (Å²) in [4.78, 5) is 26.4. The Balaban J connectivity index is 1.59. The molecule has 2 bridgehead atoms. The number of alkyl halides is 2. The maximum Gasteiger partial charge on any atom is 0.350 e. The summed E-state index contributed by atoms with van der Waals surface area (Å²) in [6.07, 6.45) is 0.873. The summed E-state index contributed by atoms with van der Waals surface area (Å²) in [5.74, 6) is -7.95. The van der Waals surface area contributed by atoms with Crippen molar-refractivity contribution in [3.05, 3.63) is 64.7 Å². The molecular weight excluding hydrogens is 428 g/mol. The first-order valence-electron chi connectivity index (χ1n) is 10.3. The number of carbonyl (C=O) groups excluding carboxylic acids is 2. The second-order valence-electron chi connectivity index (χ2n) is 8.44. The number of nitrogens with zero attached hydrogens (tertiary/aromatic N) is 1. The van der Waals surface area contributed by atoms with E-state index in [0.29, 0.717) is 18.9 Å². The van der Waals surface area contributed by atoms with E-state index in [0.717, 1.165) is 23.1 Å². The van der Waals surface area contributed by atoms with Gasteiger partial charge in [-0.15, -0.1) is 0 Å². The second-order valence-corrected chi connectivity index (χ2v) is 8.44. The predicted molar refractivity (Wildman–Crippen MR) is 108 cm³/mol. The lowest BCUT2D eigenvalue weighted by molar-refractivity contribution is -0.165. The number of carbonyl (C=O) groups is 2. The number of anilines is 1. The van der Waals surface area contributed by atoms with Gasteiger partial charge < -0.3 is 15.3 Å². The highest BCUT2D eigenvalue weighted by Crippen LogP contribution is 2.41. The quantitative estimate of drug-likeness (QED) is 0.689. The van der Waals surface area contributed by atoms with Crippen LogP contribution < -0.4 is 5.32 Å². The molecule has 2 fully saturated rings. The Labute approximate surface area is 182 Å². The van der Waals surface area contributed by atoms with Crippen LogP contribution in [0.2, 0.25) is 0 Å². The smallest absolute Gasteiger partial charge is 0.350 e. The van der Waals surface area contributed by atoms with Crippen LogP contribution in [0.15, 0.2) is 36.4 Å². The summed E-state index contributed by atoms with van der Waals surface area (Å²) in [6, 6.07) is 4.92. The molecule has 2 aliphatic heterocycles. The number of nitrogens with one attached hydrogen (secondary N) is 1. The fourth-order valence-corrected chi connectivity index (χ4v) is 4.59. The summed E-state index contributed by atoms with van der Waals surface area (Å²) in [5, 5.41) is 12.3. The zero-order chi connectivity index (χ0) is 23.2. The van der Waals surface area contributed by atoms with Crippen LogP contribution in [0.1, 0.15) is 47.2 Å². The standard InChI is InChI=1S/C23H22F4N2O3/c1-12-6-16(2-5-20(12)25)28-21(31)13-7-14(9-15(24)8-13)23(26,27)22(32)29-17-3-4-18(29)11-19(30)10-17/h2,5-9,17-19,30H,3-4,10-11H2,1H3,(H,28,31)/t17-,18+,19?. The normalized spacial score (nSPS) is 22.7. The van der Waals surface area contributed by atoms with Gasteiger partial charge in [-0.25, -0.2) is 8.78 Å². The van der Waals surface area contributed by atoms with Crippen molar-refractivity contribution in [1.29, 1.82) is 0 Å². The summed E-state index contributed by atoms with van der Waals surface area (Å²) < 4.78 is 57.9. The second kappa shape index (κ2) is 8.20. The van der Waals surface area contributed by atoms with Gasteiger partial charge in [-0.2, -0.15) is 8.78 Å². The van der Waals surface area contributed by atoms with Gasteiger partial charge in [-0.1, -0.05) is 0 Å². The summed E-state index contributed by atoms with van der Waals surface area (Å²) in [7, 11) is 0. The number of benzene rings is 2. The van der Waals surface area contributed by atoms with E-state index in [4.69, 9.17) is 0 Å². The molecule has 5 nitrogen and oxygen atoms in total. The molecule has 4 rings (SSSR count). The lowest BCUT2D eigenvalue weighted by atomic mass is 9.97.